The average molecular weight is 264 g/mol. The highest BCUT2D eigenvalue weighted by Gasteiger charge is 2.23. The molecule has 0 aliphatic heterocycles. The Morgan fingerprint density at radius 2 is 1.84 bits per heavy atom. The van der Waals surface area contributed by atoms with Gasteiger partial charge in [0.25, 0.3) is 0 Å². The molecular formula is C16H28N2O. The Morgan fingerprint density at radius 3 is 2.32 bits per heavy atom. The quantitative estimate of drug-likeness (QED) is 0.858. The van der Waals surface area contributed by atoms with E-state index in [1.807, 2.05) is 0 Å². The third kappa shape index (κ3) is 3.48. The first-order chi connectivity index (χ1) is 8.93. The van der Waals surface area contributed by atoms with Crippen molar-refractivity contribution in [3.05, 3.63) is 28.8 Å². The van der Waals surface area contributed by atoms with E-state index in [1.54, 1.807) is 7.11 Å². The molecule has 2 atom stereocenters. The topological polar surface area (TPSA) is 38.5 Å². The van der Waals surface area contributed by atoms with Gasteiger partial charge in [-0.1, -0.05) is 13.0 Å². The van der Waals surface area contributed by atoms with Gasteiger partial charge in [-0.25, -0.2) is 0 Å². The lowest BCUT2D eigenvalue weighted by molar-refractivity contribution is 0.216. The van der Waals surface area contributed by atoms with Crippen LogP contribution in [0.3, 0.4) is 0 Å². The first-order valence-electron chi connectivity index (χ1n) is 6.94. The molecule has 3 heteroatoms. The highest BCUT2D eigenvalue weighted by Crippen LogP contribution is 2.34. The molecule has 0 aliphatic rings. The van der Waals surface area contributed by atoms with Gasteiger partial charge in [0.15, 0.2) is 0 Å². The van der Waals surface area contributed by atoms with E-state index in [9.17, 15) is 0 Å². The zero-order valence-electron chi connectivity index (χ0n) is 13.2. The second kappa shape index (κ2) is 6.92. The van der Waals surface area contributed by atoms with Crippen LogP contribution in [-0.4, -0.2) is 32.6 Å². The van der Waals surface area contributed by atoms with Gasteiger partial charge in [0.2, 0.25) is 0 Å². The number of ether oxygens (including phenoxy) is 1. The van der Waals surface area contributed by atoms with Crippen LogP contribution in [0.2, 0.25) is 0 Å². The van der Waals surface area contributed by atoms with Crippen LogP contribution in [0, 0.1) is 19.8 Å². The Hall–Kier alpha value is -1.06. The summed E-state index contributed by atoms with van der Waals surface area (Å²) in [7, 11) is 6.00. The van der Waals surface area contributed by atoms with Crippen molar-refractivity contribution in [1.82, 2.24) is 4.90 Å². The maximum atomic E-state index is 5.72. The van der Waals surface area contributed by atoms with Crippen LogP contribution in [0.15, 0.2) is 12.1 Å². The van der Waals surface area contributed by atoms with E-state index in [0.717, 1.165) is 18.7 Å². The molecule has 0 saturated heterocycles. The predicted molar refractivity (Wildman–Crippen MR) is 81.7 cm³/mol. The molecule has 1 rings (SSSR count). The van der Waals surface area contributed by atoms with Gasteiger partial charge in [-0.05, 0) is 69.6 Å². The molecule has 0 aromatic heterocycles. The van der Waals surface area contributed by atoms with Gasteiger partial charge in [0.05, 0.1) is 7.11 Å². The van der Waals surface area contributed by atoms with Gasteiger partial charge in [0, 0.05) is 6.04 Å². The standard InChI is InChI=1S/C16H28N2O/c1-11(9-10-17)16(18(4)5)14-7-8-15(19-6)13(3)12(14)2/h7-8,11,16H,9-10,17H2,1-6H3. The van der Waals surface area contributed by atoms with Gasteiger partial charge in [-0.3, -0.25) is 0 Å². The average Bonchev–Trinajstić information content (AvgIpc) is 2.35. The molecule has 1 aromatic rings. The maximum absolute atomic E-state index is 5.72. The molecule has 0 radical (unpaired) electrons. The van der Waals surface area contributed by atoms with Gasteiger partial charge >= 0.3 is 0 Å². The number of hydrogen-bond acceptors (Lipinski definition) is 3. The summed E-state index contributed by atoms with van der Waals surface area (Å²) < 4.78 is 5.40. The minimum absolute atomic E-state index is 0.396. The third-order valence-corrected chi connectivity index (χ3v) is 4.04. The Bertz CT molecular complexity index is 415. The predicted octanol–water partition coefficient (Wildman–Crippen LogP) is 2.90. The Morgan fingerprint density at radius 1 is 1.21 bits per heavy atom. The minimum Gasteiger partial charge on any atom is -0.496 e. The van der Waals surface area contributed by atoms with Crippen LogP contribution in [-0.2, 0) is 0 Å². The lowest BCUT2D eigenvalue weighted by Gasteiger charge is -2.32. The molecule has 2 unspecified atom stereocenters. The van der Waals surface area contributed by atoms with Gasteiger partial charge in [0.1, 0.15) is 5.75 Å². The number of methoxy groups -OCH3 is 1. The van der Waals surface area contributed by atoms with Crippen LogP contribution in [0.1, 0.15) is 36.1 Å². The van der Waals surface area contributed by atoms with E-state index in [4.69, 9.17) is 10.5 Å². The van der Waals surface area contributed by atoms with Gasteiger partial charge in [-0.2, -0.15) is 0 Å². The molecule has 1 aromatic carbocycles. The Balaban J connectivity index is 3.20. The molecule has 0 saturated carbocycles. The molecule has 3 nitrogen and oxygen atoms in total. The molecule has 0 spiro atoms. The summed E-state index contributed by atoms with van der Waals surface area (Å²) >= 11 is 0. The van der Waals surface area contributed by atoms with Crippen LogP contribution in [0.5, 0.6) is 5.75 Å². The van der Waals surface area contributed by atoms with Crippen LogP contribution in [0.25, 0.3) is 0 Å². The third-order valence-electron chi connectivity index (χ3n) is 4.04. The van der Waals surface area contributed by atoms with Crippen molar-refractivity contribution in [3.63, 3.8) is 0 Å². The second-order valence-electron chi connectivity index (χ2n) is 5.57. The second-order valence-corrected chi connectivity index (χ2v) is 5.57. The molecule has 19 heavy (non-hydrogen) atoms. The fourth-order valence-electron chi connectivity index (χ4n) is 2.87. The van der Waals surface area contributed by atoms with Crippen LogP contribution < -0.4 is 10.5 Å². The van der Waals surface area contributed by atoms with E-state index < -0.39 is 0 Å². The summed E-state index contributed by atoms with van der Waals surface area (Å²) in [4.78, 5) is 2.29. The van der Waals surface area contributed by atoms with Crippen molar-refractivity contribution in [2.24, 2.45) is 11.7 Å². The SMILES string of the molecule is COc1ccc(C(C(C)CCN)N(C)C)c(C)c1C. The van der Waals surface area contributed by atoms with Gasteiger partial charge in [-0.15, -0.1) is 0 Å². The van der Waals surface area contributed by atoms with Gasteiger partial charge < -0.3 is 15.4 Å². The largest absolute Gasteiger partial charge is 0.496 e. The number of nitrogens with two attached hydrogens (primary N) is 1. The highest BCUT2D eigenvalue weighted by molar-refractivity contribution is 5.45. The van der Waals surface area contributed by atoms with E-state index >= 15 is 0 Å². The molecule has 0 bridgehead atoms. The maximum Gasteiger partial charge on any atom is 0.122 e. The summed E-state index contributed by atoms with van der Waals surface area (Å²) in [6.45, 7) is 7.31. The molecule has 0 amide bonds. The zero-order valence-corrected chi connectivity index (χ0v) is 13.2. The summed E-state index contributed by atoms with van der Waals surface area (Å²) in [5.74, 6) is 1.50. The first-order valence-corrected chi connectivity index (χ1v) is 6.94. The minimum atomic E-state index is 0.396. The molecular weight excluding hydrogens is 236 g/mol. The molecule has 108 valence electrons. The summed E-state index contributed by atoms with van der Waals surface area (Å²) in [6.07, 6.45) is 1.04. The first kappa shape index (κ1) is 16.0. The zero-order chi connectivity index (χ0) is 14.6. The summed E-state index contributed by atoms with van der Waals surface area (Å²) in [6, 6.07) is 4.66. The van der Waals surface area contributed by atoms with Crippen molar-refractivity contribution in [2.45, 2.75) is 33.2 Å². The normalized spacial score (nSPS) is 14.5. The van der Waals surface area contributed by atoms with E-state index in [1.165, 1.54) is 16.7 Å². The Kier molecular flexibility index (Phi) is 5.83. The van der Waals surface area contributed by atoms with Crippen molar-refractivity contribution in [2.75, 3.05) is 27.7 Å². The lowest BCUT2D eigenvalue weighted by atomic mass is 9.87. The fraction of sp³-hybridized carbons (Fsp3) is 0.625. The molecule has 2 N–H and O–H groups in total. The van der Waals surface area contributed by atoms with Crippen LogP contribution >= 0.6 is 0 Å². The van der Waals surface area contributed by atoms with Crippen molar-refractivity contribution >= 4 is 0 Å². The molecule has 0 fully saturated rings. The fourth-order valence-corrected chi connectivity index (χ4v) is 2.87. The molecule has 0 heterocycles. The number of hydrogen-bond donors (Lipinski definition) is 1. The van der Waals surface area contributed by atoms with Crippen molar-refractivity contribution < 1.29 is 4.74 Å². The van der Waals surface area contributed by atoms with Crippen molar-refractivity contribution in [3.8, 4) is 5.75 Å². The number of nitrogens with zero attached hydrogens (tertiary/aromatic N) is 1. The highest BCUT2D eigenvalue weighted by atomic mass is 16.5. The van der Waals surface area contributed by atoms with Crippen LogP contribution in [0.4, 0.5) is 0 Å². The summed E-state index contributed by atoms with van der Waals surface area (Å²) in [5, 5.41) is 0. The number of benzene rings is 1. The van der Waals surface area contributed by atoms with E-state index in [-0.39, 0.29) is 0 Å². The van der Waals surface area contributed by atoms with Crippen molar-refractivity contribution in [1.29, 1.82) is 0 Å². The molecule has 0 aliphatic carbocycles. The smallest absolute Gasteiger partial charge is 0.122 e. The van der Waals surface area contributed by atoms with E-state index in [2.05, 4.69) is 51.9 Å². The lowest BCUT2D eigenvalue weighted by Crippen LogP contribution is -2.28. The monoisotopic (exact) mass is 264 g/mol. The number of rotatable bonds is 6. The summed E-state index contributed by atoms with van der Waals surface area (Å²) in [5.41, 5.74) is 9.65. The van der Waals surface area contributed by atoms with E-state index in [0.29, 0.717) is 12.0 Å². The Labute approximate surface area is 117 Å².